The van der Waals surface area contributed by atoms with E-state index in [1.165, 1.54) is 19.3 Å². The lowest BCUT2D eigenvalue weighted by atomic mass is 9.94. The van der Waals surface area contributed by atoms with Crippen LogP contribution >= 0.6 is 0 Å². The minimum atomic E-state index is 0.0719. The maximum Gasteiger partial charge on any atom is 0.251 e. The van der Waals surface area contributed by atoms with Crippen molar-refractivity contribution in [2.75, 3.05) is 13.2 Å². The maximum atomic E-state index is 12.3. The molecule has 4 heteroatoms. The average molecular weight is 300 g/mol. The van der Waals surface area contributed by atoms with Gasteiger partial charge in [-0.05, 0) is 44.2 Å². The standard InChI is InChI=1S/C18H24N2O2/c21-18(13-4-2-1-3-5-13)19-14-10-15-6-7-16(11-14)20(15)17-8-9-22-12-17/h1-5,14-17H,6-12H2,(H,19,21)/t14?,15-,16+,17-/m1/s1. The Morgan fingerprint density at radius 2 is 1.77 bits per heavy atom. The second kappa shape index (κ2) is 6.01. The summed E-state index contributed by atoms with van der Waals surface area (Å²) in [5, 5.41) is 3.25. The van der Waals surface area contributed by atoms with Crippen molar-refractivity contribution >= 4 is 5.91 Å². The number of hydrogen-bond acceptors (Lipinski definition) is 3. The number of nitrogens with one attached hydrogen (secondary N) is 1. The van der Waals surface area contributed by atoms with Crippen molar-refractivity contribution in [1.82, 2.24) is 10.2 Å². The maximum absolute atomic E-state index is 12.3. The number of benzene rings is 1. The summed E-state index contributed by atoms with van der Waals surface area (Å²) in [4.78, 5) is 15.0. The van der Waals surface area contributed by atoms with Gasteiger partial charge in [0.05, 0.1) is 6.61 Å². The second-order valence-electron chi connectivity index (χ2n) is 6.86. The van der Waals surface area contributed by atoms with Crippen LogP contribution in [0.1, 0.15) is 42.5 Å². The number of carbonyl (C=O) groups is 1. The van der Waals surface area contributed by atoms with Gasteiger partial charge in [0, 0.05) is 36.3 Å². The van der Waals surface area contributed by atoms with Gasteiger partial charge < -0.3 is 10.1 Å². The number of nitrogens with zero attached hydrogens (tertiary/aromatic N) is 1. The summed E-state index contributed by atoms with van der Waals surface area (Å²) in [6, 6.07) is 11.7. The van der Waals surface area contributed by atoms with Gasteiger partial charge >= 0.3 is 0 Å². The zero-order valence-electron chi connectivity index (χ0n) is 12.9. The Hall–Kier alpha value is -1.39. The summed E-state index contributed by atoms with van der Waals surface area (Å²) in [7, 11) is 0. The van der Waals surface area contributed by atoms with E-state index >= 15 is 0 Å². The quantitative estimate of drug-likeness (QED) is 0.930. The number of piperidine rings is 1. The lowest BCUT2D eigenvalue weighted by Gasteiger charge is -2.42. The van der Waals surface area contributed by atoms with Crippen LogP contribution in [0.25, 0.3) is 0 Å². The Bertz CT molecular complexity index is 513. The van der Waals surface area contributed by atoms with Gasteiger partial charge in [-0.2, -0.15) is 0 Å². The molecule has 3 fully saturated rings. The van der Waals surface area contributed by atoms with E-state index in [1.54, 1.807) is 0 Å². The zero-order valence-corrected chi connectivity index (χ0v) is 12.9. The minimum absolute atomic E-state index is 0.0719. The van der Waals surface area contributed by atoms with Crippen LogP contribution in [0.3, 0.4) is 0 Å². The third-order valence-electron chi connectivity index (χ3n) is 5.49. The van der Waals surface area contributed by atoms with Gasteiger partial charge in [0.15, 0.2) is 0 Å². The van der Waals surface area contributed by atoms with E-state index in [4.69, 9.17) is 4.74 Å². The average Bonchev–Trinajstić information content (AvgIpc) is 3.14. The van der Waals surface area contributed by atoms with Crippen LogP contribution in [0, 0.1) is 0 Å². The third-order valence-corrected chi connectivity index (χ3v) is 5.49. The summed E-state index contributed by atoms with van der Waals surface area (Å²) < 4.78 is 5.57. The minimum Gasteiger partial charge on any atom is -0.380 e. The third kappa shape index (κ3) is 2.66. The van der Waals surface area contributed by atoms with E-state index < -0.39 is 0 Å². The molecule has 4 rings (SSSR count). The topological polar surface area (TPSA) is 41.6 Å². The van der Waals surface area contributed by atoms with Gasteiger partial charge in [-0.15, -0.1) is 0 Å². The summed E-state index contributed by atoms with van der Waals surface area (Å²) in [6.07, 6.45) is 5.91. The summed E-state index contributed by atoms with van der Waals surface area (Å²) in [5.41, 5.74) is 0.765. The molecular formula is C18H24N2O2. The normalized spacial score (nSPS) is 34.7. The number of amides is 1. The Kier molecular flexibility index (Phi) is 3.89. The molecule has 0 aromatic heterocycles. The van der Waals surface area contributed by atoms with Crippen molar-refractivity contribution in [2.45, 2.75) is 56.3 Å². The van der Waals surface area contributed by atoms with Crippen molar-refractivity contribution in [3.05, 3.63) is 35.9 Å². The molecule has 1 aromatic rings. The van der Waals surface area contributed by atoms with Crippen molar-refractivity contribution < 1.29 is 9.53 Å². The molecule has 3 aliphatic rings. The van der Waals surface area contributed by atoms with Crippen LogP contribution in [-0.4, -0.2) is 48.2 Å². The van der Waals surface area contributed by atoms with Crippen LogP contribution < -0.4 is 5.32 Å². The first-order valence-corrected chi connectivity index (χ1v) is 8.52. The fourth-order valence-electron chi connectivity index (χ4n) is 4.54. The fourth-order valence-corrected chi connectivity index (χ4v) is 4.54. The van der Waals surface area contributed by atoms with E-state index in [2.05, 4.69) is 10.2 Å². The molecule has 4 atom stereocenters. The number of hydrogen-bond donors (Lipinski definition) is 1. The molecule has 118 valence electrons. The van der Waals surface area contributed by atoms with Gasteiger partial charge in [0.25, 0.3) is 5.91 Å². The van der Waals surface area contributed by atoms with Gasteiger partial charge in [-0.1, -0.05) is 18.2 Å². The molecule has 22 heavy (non-hydrogen) atoms. The highest BCUT2D eigenvalue weighted by Gasteiger charge is 2.44. The summed E-state index contributed by atoms with van der Waals surface area (Å²) >= 11 is 0. The Balaban J connectivity index is 1.39. The van der Waals surface area contributed by atoms with Crippen LogP contribution in [0.5, 0.6) is 0 Å². The molecule has 0 saturated carbocycles. The number of ether oxygens (including phenoxy) is 1. The van der Waals surface area contributed by atoms with Crippen molar-refractivity contribution in [2.24, 2.45) is 0 Å². The highest BCUT2D eigenvalue weighted by Crippen LogP contribution is 2.38. The van der Waals surface area contributed by atoms with Crippen LogP contribution in [0.4, 0.5) is 0 Å². The number of carbonyl (C=O) groups excluding carboxylic acids is 1. The molecule has 0 radical (unpaired) electrons. The van der Waals surface area contributed by atoms with Crippen LogP contribution in [0.2, 0.25) is 0 Å². The molecule has 1 N–H and O–H groups in total. The molecule has 3 heterocycles. The molecule has 4 nitrogen and oxygen atoms in total. The van der Waals surface area contributed by atoms with E-state index in [-0.39, 0.29) is 5.91 Å². The van der Waals surface area contributed by atoms with E-state index in [1.807, 2.05) is 30.3 Å². The van der Waals surface area contributed by atoms with E-state index in [0.717, 1.165) is 31.6 Å². The predicted octanol–water partition coefficient (Wildman–Crippen LogP) is 2.20. The fraction of sp³-hybridized carbons (Fsp3) is 0.611. The molecule has 3 saturated heterocycles. The largest absolute Gasteiger partial charge is 0.380 e. The van der Waals surface area contributed by atoms with Crippen LogP contribution in [-0.2, 0) is 4.74 Å². The van der Waals surface area contributed by atoms with Gasteiger partial charge in [0.2, 0.25) is 0 Å². The highest BCUT2D eigenvalue weighted by molar-refractivity contribution is 5.94. The first-order chi connectivity index (χ1) is 10.8. The predicted molar refractivity (Wildman–Crippen MR) is 84.8 cm³/mol. The highest BCUT2D eigenvalue weighted by atomic mass is 16.5. The smallest absolute Gasteiger partial charge is 0.251 e. The lowest BCUT2D eigenvalue weighted by molar-refractivity contribution is 0.0570. The molecule has 0 spiro atoms. The monoisotopic (exact) mass is 300 g/mol. The molecule has 0 aliphatic carbocycles. The molecule has 3 aliphatic heterocycles. The second-order valence-corrected chi connectivity index (χ2v) is 6.86. The Morgan fingerprint density at radius 1 is 1.05 bits per heavy atom. The lowest BCUT2D eigenvalue weighted by Crippen LogP contribution is -2.54. The van der Waals surface area contributed by atoms with Gasteiger partial charge in [-0.25, -0.2) is 0 Å². The molecule has 1 unspecified atom stereocenters. The molecule has 1 aromatic carbocycles. The molecular weight excluding hydrogens is 276 g/mol. The first kappa shape index (κ1) is 14.2. The molecule has 1 amide bonds. The molecule has 2 bridgehead atoms. The van der Waals surface area contributed by atoms with Crippen molar-refractivity contribution in [1.29, 1.82) is 0 Å². The number of rotatable bonds is 3. The summed E-state index contributed by atoms with van der Waals surface area (Å²) in [6.45, 7) is 1.81. The van der Waals surface area contributed by atoms with Crippen LogP contribution in [0.15, 0.2) is 30.3 Å². The number of fused-ring (bicyclic) bond motifs is 2. The Labute approximate surface area is 131 Å². The zero-order chi connectivity index (χ0) is 14.9. The van der Waals surface area contributed by atoms with Crippen molar-refractivity contribution in [3.8, 4) is 0 Å². The van der Waals surface area contributed by atoms with E-state index in [9.17, 15) is 4.79 Å². The van der Waals surface area contributed by atoms with Gasteiger partial charge in [0.1, 0.15) is 0 Å². The summed E-state index contributed by atoms with van der Waals surface area (Å²) in [5.74, 6) is 0.0719. The van der Waals surface area contributed by atoms with E-state index in [0.29, 0.717) is 24.2 Å². The van der Waals surface area contributed by atoms with Gasteiger partial charge in [-0.3, -0.25) is 9.69 Å². The Morgan fingerprint density at radius 3 is 2.41 bits per heavy atom. The first-order valence-electron chi connectivity index (χ1n) is 8.52. The van der Waals surface area contributed by atoms with Crippen molar-refractivity contribution in [3.63, 3.8) is 0 Å². The SMILES string of the molecule is O=C(NC1C[C@H]2CC[C@@H](C1)N2[C@@H]1CCOC1)c1ccccc1.